The van der Waals surface area contributed by atoms with E-state index in [1.165, 1.54) is 11.2 Å². The van der Waals surface area contributed by atoms with E-state index in [1.807, 2.05) is 0 Å². The van der Waals surface area contributed by atoms with Crippen molar-refractivity contribution in [1.82, 2.24) is 35.5 Å². The zero-order valence-corrected chi connectivity index (χ0v) is 25.2. The Morgan fingerprint density at radius 2 is 1.91 bits per heavy atom. The Kier molecular flexibility index (Phi) is 6.87. The third-order valence-corrected chi connectivity index (χ3v) is 9.02. The number of rotatable bonds is 2. The number of aromatic hydroxyl groups is 1. The molecule has 7 heterocycles. The molecule has 22 nitrogen and oxygen atoms in total. The van der Waals surface area contributed by atoms with Gasteiger partial charge in [0.1, 0.15) is 0 Å². The van der Waals surface area contributed by atoms with Crippen LogP contribution in [0.4, 0.5) is 11.8 Å². The molecule has 1 unspecified atom stereocenters. The van der Waals surface area contributed by atoms with Gasteiger partial charge in [-0.1, -0.05) is 0 Å². The summed E-state index contributed by atoms with van der Waals surface area (Å²) in [5.41, 5.74) is 12.5. The number of aromatic amines is 1. The number of nitrogens with two attached hydrogens (primary N) is 2. The molecule has 1 fully saturated rings. The Bertz CT molecular complexity index is 1870. The number of nitrogens with one attached hydrogen (secondary N) is 4. The third-order valence-electron chi connectivity index (χ3n) is 6.83. The number of anilines is 2. The Morgan fingerprint density at radius 3 is 2.71 bits per heavy atom. The fourth-order valence-corrected chi connectivity index (χ4v) is 6.76. The number of ether oxygens (including phenoxy) is 1. The van der Waals surface area contributed by atoms with Crippen LogP contribution in [0.1, 0.15) is 5.76 Å². The minimum absolute atomic E-state index is 0.0332. The van der Waals surface area contributed by atoms with Crippen LogP contribution >= 0.6 is 28.6 Å². The summed E-state index contributed by atoms with van der Waals surface area (Å²) in [4.78, 5) is 55.4. The summed E-state index contributed by atoms with van der Waals surface area (Å²) >= 11 is 5.22. The number of fused-ring (bicyclic) bond motifs is 5. The maximum atomic E-state index is 11.1. The number of aliphatic hydroxyl groups excluding tert-OH is 1. The van der Waals surface area contributed by atoms with Gasteiger partial charge in [0.05, 0.1) is 0 Å². The van der Waals surface area contributed by atoms with Gasteiger partial charge in [-0.15, -0.1) is 0 Å². The van der Waals surface area contributed by atoms with Gasteiger partial charge in [0.25, 0.3) is 0 Å². The van der Waals surface area contributed by atoms with E-state index in [9.17, 15) is 29.8 Å². The summed E-state index contributed by atoms with van der Waals surface area (Å²) < 4.78 is 33.6. The van der Waals surface area contributed by atoms with Gasteiger partial charge in [-0.25, -0.2) is 0 Å². The van der Waals surface area contributed by atoms with E-state index in [2.05, 4.69) is 30.9 Å². The van der Waals surface area contributed by atoms with Crippen LogP contribution in [0.2, 0.25) is 0 Å². The summed E-state index contributed by atoms with van der Waals surface area (Å²) in [5, 5.41) is 31.1. The Hall–Kier alpha value is -4.15. The predicted molar refractivity (Wildman–Crippen MR) is 156 cm³/mol. The van der Waals surface area contributed by atoms with Gasteiger partial charge >= 0.3 is 256 Å². The molecular formula is C20H26N10O12P2S. The van der Waals surface area contributed by atoms with Crippen molar-refractivity contribution in [2.45, 2.75) is 18.9 Å². The van der Waals surface area contributed by atoms with Gasteiger partial charge in [-0.05, 0) is 0 Å². The van der Waals surface area contributed by atoms with Crippen LogP contribution in [-0.4, -0.2) is 74.9 Å². The summed E-state index contributed by atoms with van der Waals surface area (Å²) in [6.07, 6.45) is -0.708. The van der Waals surface area contributed by atoms with Crippen molar-refractivity contribution >= 4 is 57.4 Å². The Morgan fingerprint density at radius 1 is 1.11 bits per heavy atom. The molecule has 2 atom stereocenters. The molecule has 0 amide bonds. The quantitative estimate of drug-likeness (QED) is 0.103. The maximum absolute atomic E-state index is 11.1. The summed E-state index contributed by atoms with van der Waals surface area (Å²) in [6, 6.07) is 0. The van der Waals surface area contributed by atoms with Crippen LogP contribution in [-0.2, 0) is 24.9 Å². The van der Waals surface area contributed by atoms with E-state index in [-0.39, 0.29) is 41.0 Å². The third kappa shape index (κ3) is 5.10. The van der Waals surface area contributed by atoms with Gasteiger partial charge in [-0.2, -0.15) is 0 Å². The number of aliphatic hydroxyl groups is 1. The molecule has 0 aromatic carbocycles. The van der Waals surface area contributed by atoms with Crippen LogP contribution in [0.3, 0.4) is 0 Å². The first-order chi connectivity index (χ1) is 21.3. The van der Waals surface area contributed by atoms with E-state index in [0.717, 1.165) is 4.57 Å². The van der Waals surface area contributed by atoms with Crippen LogP contribution in [0.15, 0.2) is 40.0 Å². The normalized spacial score (nSPS) is 26.6. The minimum atomic E-state index is -5.26. The van der Waals surface area contributed by atoms with Crippen LogP contribution in [0.5, 0.6) is 11.5 Å². The molecule has 45 heavy (non-hydrogen) atoms. The number of nitrogen functional groups attached to an aromatic ring is 1. The number of furan rings is 1. The number of imidazole rings is 1. The van der Waals surface area contributed by atoms with Gasteiger partial charge in [-0.3, -0.25) is 0 Å². The molecule has 25 heteroatoms. The van der Waals surface area contributed by atoms with Gasteiger partial charge < -0.3 is 0 Å². The van der Waals surface area contributed by atoms with E-state index in [4.69, 9.17) is 50.9 Å². The second-order valence-corrected chi connectivity index (χ2v) is 13.3. The van der Waals surface area contributed by atoms with Crippen LogP contribution < -0.4 is 36.8 Å². The van der Waals surface area contributed by atoms with Crippen molar-refractivity contribution < 1.29 is 57.0 Å². The summed E-state index contributed by atoms with van der Waals surface area (Å²) in [7, 11) is -10.5. The number of nitrogens with zero attached hydrogens (tertiary/aromatic N) is 4. The second kappa shape index (κ2) is 10.5. The SMILES string of the molecule is NC1=C2NCN(c3oc4c(c3O)O[PH](O)(O)O/C=C3/OC(n5cnc6c(=S)[nH]c(N)nc65)=C(O[PH](O)(O)OC4)[C@@H]3O)C2NCN1. The van der Waals surface area contributed by atoms with E-state index < -0.39 is 69.9 Å². The number of hydrogen-bond acceptors (Lipinski definition) is 21. The van der Waals surface area contributed by atoms with Gasteiger partial charge in [0.15, 0.2) is 0 Å². The molecule has 1 saturated heterocycles. The van der Waals surface area contributed by atoms with E-state index in [0.29, 0.717) is 17.8 Å². The first kappa shape index (κ1) is 29.6. The van der Waals surface area contributed by atoms with Crippen molar-refractivity contribution in [3.05, 3.63) is 46.0 Å². The van der Waals surface area contributed by atoms with Crippen molar-refractivity contribution in [1.29, 1.82) is 0 Å². The van der Waals surface area contributed by atoms with Crippen molar-refractivity contribution in [2.24, 2.45) is 5.73 Å². The van der Waals surface area contributed by atoms with Crippen molar-refractivity contribution in [3.63, 3.8) is 0 Å². The molecule has 3 aromatic heterocycles. The Balaban J connectivity index is 1.28. The number of hydrogen-bond donors (Lipinski definition) is 12. The monoisotopic (exact) mass is 692 g/mol. The standard InChI is InChI=1S/C20H26N10O12P2S/c21-14-8-15(24-3-23-14)29(4-25-8)18-11(32)12-7(40-18)2-38-44(35,36)42-13-10(31)6(1-37-43(33,34)41-12)39-19(13)30-5-26-9-16(30)27-20(22)28-17(9)45/h1,5,10,15,23-25,31-36,43-44H,2-4,21H2,(H3,22,27,28,45)/b6-1+/t10-,15?/m1/s1. The average molecular weight is 693 g/mol. The molecule has 7 rings (SSSR count). The fourth-order valence-electron chi connectivity index (χ4n) is 4.85. The zero-order valence-electron chi connectivity index (χ0n) is 22.4. The molecule has 0 spiro atoms. The molecule has 244 valence electrons. The second-order valence-electron chi connectivity index (χ2n) is 9.74. The number of H-pyrrole nitrogens is 1. The molecular weight excluding hydrogens is 666 g/mol. The van der Waals surface area contributed by atoms with E-state index in [1.54, 1.807) is 0 Å². The van der Waals surface area contributed by atoms with Gasteiger partial charge in [0.2, 0.25) is 0 Å². The molecule has 14 N–H and O–H groups in total. The Labute approximate surface area is 256 Å². The molecule has 4 aliphatic heterocycles. The topological polar surface area (TPSA) is 319 Å². The average Bonchev–Trinajstić information content (AvgIpc) is 3.72. The fraction of sp³-hybridized carbons (Fsp3) is 0.250. The molecule has 0 aliphatic carbocycles. The van der Waals surface area contributed by atoms with Crippen molar-refractivity contribution in [3.8, 4) is 11.5 Å². The molecule has 4 aliphatic rings. The first-order valence-electron chi connectivity index (χ1n) is 12.8. The summed E-state index contributed by atoms with van der Waals surface area (Å²) in [5.74, 6) is -3.23. The first-order valence-corrected chi connectivity index (χ1v) is 16.6. The molecule has 2 bridgehead atoms. The van der Waals surface area contributed by atoms with E-state index >= 15 is 0 Å². The predicted octanol–water partition coefficient (Wildman–Crippen LogP) is -1.87. The summed E-state index contributed by atoms with van der Waals surface area (Å²) in [6.45, 7) is -0.482. The number of aromatic nitrogens is 4. The molecule has 3 aromatic rings. The molecule has 0 radical (unpaired) electrons. The molecule has 0 saturated carbocycles. The zero-order chi connectivity index (χ0) is 31.8. The van der Waals surface area contributed by atoms with Crippen molar-refractivity contribution in [2.75, 3.05) is 24.0 Å². The van der Waals surface area contributed by atoms with Gasteiger partial charge in [0, 0.05) is 0 Å². The van der Waals surface area contributed by atoms with Crippen LogP contribution in [0, 0.1) is 4.64 Å². The van der Waals surface area contributed by atoms with Crippen LogP contribution in [0.25, 0.3) is 17.0 Å².